The third-order valence-corrected chi connectivity index (χ3v) is 6.24. The van der Waals surface area contributed by atoms with Crippen LogP contribution in [0.1, 0.15) is 46.5 Å². The van der Waals surface area contributed by atoms with Gasteiger partial charge in [0.05, 0.1) is 52.9 Å². The third kappa shape index (κ3) is 11.1. The molecular formula is C25H48N3O6+. The van der Waals surface area contributed by atoms with Gasteiger partial charge in [0.1, 0.15) is 6.61 Å². The van der Waals surface area contributed by atoms with Gasteiger partial charge < -0.3 is 28.9 Å². The van der Waals surface area contributed by atoms with E-state index in [2.05, 4.69) is 26.5 Å². The minimum Gasteiger partial charge on any atom is -0.463 e. The molecule has 1 N–H and O–H groups in total. The van der Waals surface area contributed by atoms with Gasteiger partial charge in [0, 0.05) is 45.0 Å². The molecule has 1 fully saturated rings. The summed E-state index contributed by atoms with van der Waals surface area (Å²) >= 11 is 0. The van der Waals surface area contributed by atoms with Crippen molar-refractivity contribution in [2.24, 2.45) is 17.3 Å². The largest absolute Gasteiger partial charge is 0.463 e. The number of carbonyl (C=O) groups is 3. The minimum atomic E-state index is -0.863. The molecule has 0 aromatic heterocycles. The number of nitrogens with zero attached hydrogens (tertiary/aromatic N) is 2. The molecule has 0 aromatic carbocycles. The van der Waals surface area contributed by atoms with Crippen molar-refractivity contribution < 1.29 is 33.1 Å². The van der Waals surface area contributed by atoms with E-state index < -0.39 is 11.3 Å². The van der Waals surface area contributed by atoms with Gasteiger partial charge in [0.25, 0.3) is 0 Å². The number of methoxy groups -OCH3 is 1. The number of morpholine rings is 1. The van der Waals surface area contributed by atoms with Gasteiger partial charge in [-0.3, -0.25) is 14.4 Å². The van der Waals surface area contributed by atoms with Crippen molar-refractivity contribution in [3.05, 3.63) is 0 Å². The lowest BCUT2D eigenvalue weighted by molar-refractivity contribution is -0.870. The molecule has 0 aromatic rings. The molecule has 2 unspecified atom stereocenters. The Labute approximate surface area is 206 Å². The highest BCUT2D eigenvalue weighted by atomic mass is 16.6. The smallest absolute Gasteiger partial charge is 0.311 e. The van der Waals surface area contributed by atoms with E-state index in [-0.39, 0.29) is 30.3 Å². The lowest BCUT2D eigenvalue weighted by Gasteiger charge is -2.33. The number of rotatable bonds is 15. The van der Waals surface area contributed by atoms with Crippen LogP contribution in [0.15, 0.2) is 0 Å². The zero-order valence-corrected chi connectivity index (χ0v) is 22.5. The van der Waals surface area contributed by atoms with Crippen molar-refractivity contribution in [3.8, 4) is 0 Å². The summed E-state index contributed by atoms with van der Waals surface area (Å²) in [6.07, 6.45) is 2.21. The van der Waals surface area contributed by atoms with Crippen LogP contribution in [0.4, 0.5) is 0 Å². The molecular weight excluding hydrogens is 438 g/mol. The van der Waals surface area contributed by atoms with Crippen molar-refractivity contribution in [1.82, 2.24) is 10.2 Å². The van der Waals surface area contributed by atoms with Crippen LogP contribution in [0.5, 0.6) is 0 Å². The number of amides is 2. The molecule has 1 rings (SSSR count). The number of nitrogens with one attached hydrogen (secondary N) is 1. The van der Waals surface area contributed by atoms with Gasteiger partial charge in [-0.05, 0) is 33.1 Å². The molecule has 1 aliphatic heterocycles. The maximum absolute atomic E-state index is 13.2. The van der Waals surface area contributed by atoms with Gasteiger partial charge in [-0.25, -0.2) is 0 Å². The van der Waals surface area contributed by atoms with Gasteiger partial charge >= 0.3 is 5.97 Å². The average molecular weight is 487 g/mol. The van der Waals surface area contributed by atoms with Crippen molar-refractivity contribution in [3.63, 3.8) is 0 Å². The predicted octanol–water partition coefficient (Wildman–Crippen LogP) is 1.70. The number of ether oxygens (including phenoxy) is 3. The Morgan fingerprint density at radius 1 is 1.09 bits per heavy atom. The molecule has 0 saturated carbocycles. The molecule has 198 valence electrons. The topological polar surface area (TPSA) is 94.2 Å². The fourth-order valence-electron chi connectivity index (χ4n) is 4.13. The first-order chi connectivity index (χ1) is 15.9. The Morgan fingerprint density at radius 3 is 2.29 bits per heavy atom. The van der Waals surface area contributed by atoms with Crippen LogP contribution in [0.3, 0.4) is 0 Å². The first-order valence-corrected chi connectivity index (χ1v) is 12.5. The van der Waals surface area contributed by atoms with E-state index in [1.807, 2.05) is 11.8 Å². The van der Waals surface area contributed by atoms with Crippen LogP contribution in [0.2, 0.25) is 0 Å². The lowest BCUT2D eigenvalue weighted by Crippen LogP contribution is -2.45. The third-order valence-electron chi connectivity index (χ3n) is 6.24. The minimum absolute atomic E-state index is 0.0640. The van der Waals surface area contributed by atoms with Crippen molar-refractivity contribution in [2.75, 3.05) is 80.9 Å². The van der Waals surface area contributed by atoms with Gasteiger partial charge in [-0.1, -0.05) is 6.92 Å². The fraction of sp³-hybridized carbons (Fsp3) is 0.880. The summed E-state index contributed by atoms with van der Waals surface area (Å²) in [5.74, 6) is -1.15. The molecule has 0 spiro atoms. The van der Waals surface area contributed by atoms with Crippen molar-refractivity contribution in [1.29, 1.82) is 0 Å². The summed E-state index contributed by atoms with van der Waals surface area (Å²) in [7, 11) is 7.90. The maximum atomic E-state index is 13.2. The molecule has 2 atom stereocenters. The van der Waals surface area contributed by atoms with Crippen molar-refractivity contribution in [2.45, 2.75) is 46.5 Å². The molecule has 1 aliphatic rings. The molecule has 34 heavy (non-hydrogen) atoms. The number of esters is 1. The maximum Gasteiger partial charge on any atom is 0.311 e. The van der Waals surface area contributed by atoms with Gasteiger partial charge in [0.15, 0.2) is 0 Å². The second kappa shape index (κ2) is 14.6. The number of carbonyl (C=O) groups excluding carboxylic acids is 3. The molecule has 0 radical (unpaired) electrons. The van der Waals surface area contributed by atoms with E-state index in [4.69, 9.17) is 14.2 Å². The molecule has 1 saturated heterocycles. The van der Waals surface area contributed by atoms with Gasteiger partial charge in [-0.2, -0.15) is 0 Å². The van der Waals surface area contributed by atoms with E-state index in [1.165, 1.54) is 0 Å². The zero-order chi connectivity index (χ0) is 25.8. The Morgan fingerprint density at radius 2 is 1.74 bits per heavy atom. The molecule has 1 heterocycles. The highest BCUT2D eigenvalue weighted by molar-refractivity contribution is 5.83. The van der Waals surface area contributed by atoms with E-state index >= 15 is 0 Å². The molecule has 0 aliphatic carbocycles. The monoisotopic (exact) mass is 486 g/mol. The van der Waals surface area contributed by atoms with Crippen LogP contribution in [0.25, 0.3) is 0 Å². The van der Waals surface area contributed by atoms with Crippen LogP contribution < -0.4 is 5.32 Å². The molecule has 9 heteroatoms. The van der Waals surface area contributed by atoms with Crippen LogP contribution in [-0.4, -0.2) is 108 Å². The van der Waals surface area contributed by atoms with E-state index in [1.54, 1.807) is 21.0 Å². The first-order valence-electron chi connectivity index (χ1n) is 12.5. The van der Waals surface area contributed by atoms with E-state index in [0.29, 0.717) is 58.7 Å². The highest BCUT2D eigenvalue weighted by Crippen LogP contribution is 2.32. The number of quaternary nitrogens is 1. The summed E-state index contributed by atoms with van der Waals surface area (Å²) in [6.45, 7) is 9.81. The standard InChI is InChI=1S/C25H47N3O6/c1-8-20(23(30)27-11-14-33-15-12-27)18-21(22(29)26-10-9-13-28(4,5)6)19-25(2,3)24(31)34-17-16-32-7/h20-21H,8-19H2,1-7H3/p+1. The summed E-state index contributed by atoms with van der Waals surface area (Å²) in [5, 5.41) is 3.05. The summed E-state index contributed by atoms with van der Waals surface area (Å²) < 4.78 is 16.5. The molecule has 2 amide bonds. The Hall–Kier alpha value is -1.71. The van der Waals surface area contributed by atoms with Gasteiger partial charge in [0.2, 0.25) is 11.8 Å². The Bertz CT molecular complexity index is 641. The Balaban J connectivity index is 2.90. The van der Waals surface area contributed by atoms with Crippen LogP contribution in [-0.2, 0) is 28.6 Å². The molecule has 9 nitrogen and oxygen atoms in total. The van der Waals surface area contributed by atoms with Crippen molar-refractivity contribution >= 4 is 17.8 Å². The van der Waals surface area contributed by atoms with E-state index in [0.717, 1.165) is 17.4 Å². The second-order valence-corrected chi connectivity index (χ2v) is 10.9. The first kappa shape index (κ1) is 30.3. The predicted molar refractivity (Wildman–Crippen MR) is 131 cm³/mol. The zero-order valence-electron chi connectivity index (χ0n) is 22.5. The fourth-order valence-corrected chi connectivity index (χ4v) is 4.13. The van der Waals surface area contributed by atoms with Gasteiger partial charge in [-0.15, -0.1) is 0 Å². The average Bonchev–Trinajstić information content (AvgIpc) is 2.78. The summed E-state index contributed by atoms with van der Waals surface area (Å²) in [4.78, 5) is 40.9. The second-order valence-electron chi connectivity index (χ2n) is 10.9. The number of hydrogen-bond acceptors (Lipinski definition) is 6. The SMILES string of the molecule is CCC(CC(CC(C)(C)C(=O)OCCOC)C(=O)NCCC[N+](C)(C)C)C(=O)N1CCOCC1. The van der Waals surface area contributed by atoms with E-state index in [9.17, 15) is 14.4 Å². The van der Waals surface area contributed by atoms with Crippen LogP contribution in [0, 0.1) is 17.3 Å². The summed E-state index contributed by atoms with van der Waals surface area (Å²) in [6, 6.07) is 0. The quantitative estimate of drug-likeness (QED) is 0.215. The van der Waals surface area contributed by atoms with Crippen LogP contribution >= 0.6 is 0 Å². The number of hydrogen-bond donors (Lipinski definition) is 1. The highest BCUT2D eigenvalue weighted by Gasteiger charge is 2.37. The lowest BCUT2D eigenvalue weighted by atomic mass is 9.78. The summed E-state index contributed by atoms with van der Waals surface area (Å²) in [5.41, 5.74) is -0.863. The molecule has 0 bridgehead atoms. The normalized spacial score (nSPS) is 16.6. The Kier molecular flexibility index (Phi) is 13.1.